The number of phenols is 1. The van der Waals surface area contributed by atoms with Gasteiger partial charge in [-0.15, -0.1) is 40.7 Å². The number of pyridine rings is 2. The molecule has 0 unspecified atom stereocenters. The van der Waals surface area contributed by atoms with Crippen molar-refractivity contribution in [1.82, 2.24) is 14.5 Å². The summed E-state index contributed by atoms with van der Waals surface area (Å²) in [6, 6.07) is 37.5. The van der Waals surface area contributed by atoms with Gasteiger partial charge in [0.1, 0.15) is 11.5 Å². The maximum Gasteiger partial charge on any atom is 0.149 e. The van der Waals surface area contributed by atoms with E-state index in [0.29, 0.717) is 5.75 Å². The van der Waals surface area contributed by atoms with E-state index in [9.17, 15) is 5.11 Å². The molecule has 8 aromatic rings. The number of hydrogen-bond acceptors (Lipinski definition) is 4. The largest absolute Gasteiger partial charge is 0.515 e. The van der Waals surface area contributed by atoms with Crippen molar-refractivity contribution < 1.29 is 26.2 Å². The van der Waals surface area contributed by atoms with Crippen molar-refractivity contribution in [2.24, 2.45) is 0 Å². The summed E-state index contributed by atoms with van der Waals surface area (Å²) in [7, 11) is 0. The van der Waals surface area contributed by atoms with Gasteiger partial charge in [-0.2, -0.15) is 0 Å². The van der Waals surface area contributed by atoms with E-state index in [-0.39, 0.29) is 32.4 Å². The number of aromatic hydroxyl groups is 1. The van der Waals surface area contributed by atoms with E-state index in [1.807, 2.05) is 30.5 Å². The van der Waals surface area contributed by atoms with E-state index >= 15 is 0 Å². The molecular weight excluding hydrogens is 778 g/mol. The first-order chi connectivity index (χ1) is 22.2. The molecule has 236 valence electrons. The van der Waals surface area contributed by atoms with Crippen LogP contribution in [0.4, 0.5) is 0 Å². The average Bonchev–Trinajstić information content (AvgIpc) is 3.60. The third-order valence-electron chi connectivity index (χ3n) is 8.96. The van der Waals surface area contributed by atoms with Gasteiger partial charge in [0.2, 0.25) is 0 Å². The maximum absolute atomic E-state index is 11.5. The molecule has 4 aromatic heterocycles. The molecule has 4 aromatic carbocycles. The molecule has 0 saturated heterocycles. The van der Waals surface area contributed by atoms with Gasteiger partial charge in [0, 0.05) is 48.4 Å². The number of rotatable bonds is 4. The van der Waals surface area contributed by atoms with E-state index in [0.717, 1.165) is 65.8 Å². The summed E-state index contributed by atoms with van der Waals surface area (Å²) in [4.78, 5) is 10.3. The van der Waals surface area contributed by atoms with E-state index < -0.39 is 0 Å². The number of hydrogen-bond donors (Lipinski definition) is 1. The van der Waals surface area contributed by atoms with Crippen LogP contribution in [0.2, 0.25) is 0 Å². The molecule has 0 aliphatic carbocycles. The Kier molecular flexibility index (Phi) is 7.81. The molecule has 0 aliphatic rings. The van der Waals surface area contributed by atoms with Crippen molar-refractivity contribution in [3.63, 3.8) is 0 Å². The van der Waals surface area contributed by atoms with Crippen molar-refractivity contribution in [2.75, 3.05) is 0 Å². The average molecular weight is 812 g/mol. The van der Waals surface area contributed by atoms with Gasteiger partial charge in [-0.3, -0.25) is 9.55 Å². The Morgan fingerprint density at radius 1 is 0.787 bits per heavy atom. The van der Waals surface area contributed by atoms with Gasteiger partial charge in [-0.05, 0) is 57.5 Å². The van der Waals surface area contributed by atoms with Crippen molar-refractivity contribution in [3.8, 4) is 34.0 Å². The minimum atomic E-state index is -0.198. The van der Waals surface area contributed by atoms with E-state index in [2.05, 4.69) is 118 Å². The molecule has 0 atom stereocenters. The zero-order valence-electron chi connectivity index (χ0n) is 26.9. The van der Waals surface area contributed by atoms with Gasteiger partial charge in [0.15, 0.2) is 0 Å². The van der Waals surface area contributed by atoms with Crippen molar-refractivity contribution in [3.05, 3.63) is 120 Å². The van der Waals surface area contributed by atoms with Gasteiger partial charge < -0.3 is 5.11 Å². The number of fused-ring (bicyclic) bond motifs is 6. The summed E-state index contributed by atoms with van der Waals surface area (Å²) in [5, 5.41) is 16.1. The Hall–Kier alpha value is -4.31. The second-order valence-electron chi connectivity index (χ2n) is 13.4. The third-order valence-corrected chi connectivity index (χ3v) is 10.1. The molecule has 0 amide bonds. The van der Waals surface area contributed by atoms with Crippen LogP contribution in [0.5, 0.6) is 5.75 Å². The molecule has 0 fully saturated rings. The predicted molar refractivity (Wildman–Crippen MR) is 193 cm³/mol. The fourth-order valence-corrected chi connectivity index (χ4v) is 7.74. The summed E-state index contributed by atoms with van der Waals surface area (Å²) in [6.07, 6.45) is 1.86. The molecule has 0 saturated carbocycles. The molecule has 0 radical (unpaired) electrons. The standard InChI is InChI=1S/C41H34N3OS.Pt/c1-24(2)25-20-26(28-14-10-16-33(37(28)45)41(3,4)5)22-27(21-25)34-23-32-30-13-7-9-18-36(30)46-38(32)40(43-34)44-35-17-8-6-12-29(35)31-15-11-19-42-39(31)44;/h6-21,23-24,45H,1-5H3;/q-1;. The number of benzene rings is 4. The Labute approximate surface area is 293 Å². The van der Waals surface area contributed by atoms with Crippen LogP contribution in [0.1, 0.15) is 51.7 Å². The van der Waals surface area contributed by atoms with E-state index in [1.54, 1.807) is 11.3 Å². The van der Waals surface area contributed by atoms with Crippen LogP contribution >= 0.6 is 11.3 Å². The first-order valence-electron chi connectivity index (χ1n) is 15.8. The molecular formula is C41H34N3OPtS-. The maximum atomic E-state index is 11.5. The zero-order chi connectivity index (χ0) is 31.7. The molecule has 8 rings (SSSR count). The normalized spacial score (nSPS) is 12.0. The third kappa shape index (κ3) is 5.17. The SMILES string of the molecule is CC(C)c1cc(-c2cc3c(sc4ccccc43)c(-n3c4ccccc4c4cccnc43)n2)[c-]c(-c2cccc(C(C)(C)C)c2O)c1.[Pt]. The van der Waals surface area contributed by atoms with Crippen LogP contribution in [-0.2, 0) is 26.5 Å². The van der Waals surface area contributed by atoms with Gasteiger partial charge in [0.05, 0.1) is 16.0 Å². The van der Waals surface area contributed by atoms with Crippen molar-refractivity contribution >= 4 is 53.4 Å². The van der Waals surface area contributed by atoms with Crippen molar-refractivity contribution in [1.29, 1.82) is 0 Å². The molecule has 47 heavy (non-hydrogen) atoms. The summed E-state index contributed by atoms with van der Waals surface area (Å²) in [6.45, 7) is 10.8. The molecule has 0 aliphatic heterocycles. The van der Waals surface area contributed by atoms with Crippen LogP contribution in [0.25, 0.3) is 70.3 Å². The van der Waals surface area contributed by atoms with E-state index in [4.69, 9.17) is 9.97 Å². The molecule has 0 spiro atoms. The van der Waals surface area contributed by atoms with Gasteiger partial charge in [-0.25, -0.2) is 4.98 Å². The topological polar surface area (TPSA) is 50.9 Å². The summed E-state index contributed by atoms with van der Waals surface area (Å²) in [5.41, 5.74) is 7.22. The number of thiophene rings is 1. The quantitative estimate of drug-likeness (QED) is 0.180. The molecule has 4 nitrogen and oxygen atoms in total. The molecule has 4 heterocycles. The number of para-hydroxylation sites is 2. The second kappa shape index (κ2) is 11.7. The van der Waals surface area contributed by atoms with Gasteiger partial charge in [-0.1, -0.05) is 101 Å². The zero-order valence-corrected chi connectivity index (χ0v) is 30.0. The van der Waals surface area contributed by atoms with Crippen LogP contribution in [-0.4, -0.2) is 19.6 Å². The Bertz CT molecular complexity index is 2410. The fourth-order valence-electron chi connectivity index (χ4n) is 6.58. The minimum absolute atomic E-state index is 0. The minimum Gasteiger partial charge on any atom is -0.515 e. The fraction of sp³-hybridized carbons (Fsp3) is 0.171. The molecule has 0 bridgehead atoms. The second-order valence-corrected chi connectivity index (χ2v) is 14.4. The van der Waals surface area contributed by atoms with Crippen LogP contribution in [0.3, 0.4) is 0 Å². The number of phenolic OH excluding ortho intramolecular Hbond substituents is 1. The summed E-state index contributed by atoms with van der Waals surface area (Å²) < 4.78 is 4.56. The Balaban J connectivity index is 0.00000351. The van der Waals surface area contributed by atoms with Crippen LogP contribution < -0.4 is 0 Å². The number of nitrogens with zero attached hydrogens (tertiary/aromatic N) is 3. The smallest absolute Gasteiger partial charge is 0.149 e. The van der Waals surface area contributed by atoms with Crippen LogP contribution in [0, 0.1) is 6.07 Å². The number of aromatic nitrogens is 3. The summed E-state index contributed by atoms with van der Waals surface area (Å²) in [5.74, 6) is 1.44. The molecule has 6 heteroatoms. The first-order valence-corrected chi connectivity index (χ1v) is 16.6. The monoisotopic (exact) mass is 811 g/mol. The Morgan fingerprint density at radius 3 is 2.30 bits per heavy atom. The predicted octanol–water partition coefficient (Wildman–Crippen LogP) is 11.2. The van der Waals surface area contributed by atoms with Gasteiger partial charge in [0.25, 0.3) is 0 Å². The van der Waals surface area contributed by atoms with Crippen LogP contribution in [0.15, 0.2) is 103 Å². The Morgan fingerprint density at radius 2 is 1.51 bits per heavy atom. The van der Waals surface area contributed by atoms with Crippen molar-refractivity contribution in [2.45, 2.75) is 46.0 Å². The summed E-state index contributed by atoms with van der Waals surface area (Å²) >= 11 is 1.77. The van der Waals surface area contributed by atoms with Gasteiger partial charge >= 0.3 is 0 Å². The van der Waals surface area contributed by atoms with E-state index in [1.165, 1.54) is 15.6 Å². The first kappa shape index (κ1) is 31.3. The molecule has 1 N–H and O–H groups in total.